The Hall–Kier alpha value is -0.710. The van der Waals surface area contributed by atoms with Gasteiger partial charge in [0.05, 0.1) is 6.04 Å². The third kappa shape index (κ3) is 2.76. The van der Waals surface area contributed by atoms with E-state index in [1.165, 1.54) is 15.8 Å². The molecule has 0 fully saturated rings. The normalized spacial score (nSPS) is 12.7. The van der Waals surface area contributed by atoms with Crippen LogP contribution in [-0.2, 0) is 0 Å². The Kier molecular flexibility index (Phi) is 3.97. The topological polar surface area (TPSA) is 12.0 Å². The van der Waals surface area contributed by atoms with Crippen LogP contribution in [0.4, 0.5) is 4.39 Å². The number of halogens is 2. The Morgan fingerprint density at radius 2 is 2.12 bits per heavy atom. The molecule has 0 radical (unpaired) electrons. The Morgan fingerprint density at radius 1 is 1.35 bits per heavy atom. The first-order valence-corrected chi connectivity index (χ1v) is 6.91. The largest absolute Gasteiger partial charge is 0.309 e. The van der Waals surface area contributed by atoms with E-state index in [1.807, 2.05) is 13.1 Å². The molecule has 1 aromatic carbocycles. The minimum absolute atomic E-state index is 0.0423. The molecule has 0 aliphatic rings. The molecule has 0 amide bonds. The van der Waals surface area contributed by atoms with Crippen LogP contribution < -0.4 is 5.32 Å². The van der Waals surface area contributed by atoms with Crippen LogP contribution in [0.3, 0.4) is 0 Å². The van der Waals surface area contributed by atoms with Crippen molar-refractivity contribution < 1.29 is 4.39 Å². The highest BCUT2D eigenvalue weighted by Gasteiger charge is 2.15. The minimum atomic E-state index is -0.199. The lowest BCUT2D eigenvalue weighted by atomic mass is 10.1. The summed E-state index contributed by atoms with van der Waals surface area (Å²) in [7, 11) is 1.89. The van der Waals surface area contributed by atoms with Crippen LogP contribution >= 0.6 is 27.3 Å². The molecular formula is C13H13BrFNS. The minimum Gasteiger partial charge on any atom is -0.309 e. The van der Waals surface area contributed by atoms with Crippen LogP contribution in [0.2, 0.25) is 0 Å². The summed E-state index contributed by atoms with van der Waals surface area (Å²) in [4.78, 5) is 2.42. The van der Waals surface area contributed by atoms with Crippen molar-refractivity contribution in [2.45, 2.75) is 13.0 Å². The fourth-order valence-electron chi connectivity index (χ4n) is 1.78. The zero-order valence-corrected chi connectivity index (χ0v) is 12.0. The molecule has 2 aromatic rings. The third-order valence-electron chi connectivity index (χ3n) is 2.63. The lowest BCUT2D eigenvalue weighted by molar-refractivity contribution is 0.618. The van der Waals surface area contributed by atoms with Crippen molar-refractivity contribution in [2.24, 2.45) is 0 Å². The Morgan fingerprint density at radius 3 is 2.65 bits per heavy atom. The number of nitrogens with one attached hydrogen (secondary N) is 1. The van der Waals surface area contributed by atoms with Gasteiger partial charge < -0.3 is 5.32 Å². The first kappa shape index (κ1) is 12.7. The number of hydrogen-bond acceptors (Lipinski definition) is 2. The number of aryl methyl sites for hydroxylation is 1. The van der Waals surface area contributed by atoms with Crippen molar-refractivity contribution in [1.82, 2.24) is 5.32 Å². The van der Waals surface area contributed by atoms with E-state index in [1.54, 1.807) is 23.5 Å². The highest BCUT2D eigenvalue weighted by Crippen LogP contribution is 2.33. The molecule has 0 spiro atoms. The van der Waals surface area contributed by atoms with E-state index in [0.29, 0.717) is 0 Å². The smallest absolute Gasteiger partial charge is 0.123 e. The van der Waals surface area contributed by atoms with Gasteiger partial charge in [0, 0.05) is 14.2 Å². The lowest BCUT2D eigenvalue weighted by Gasteiger charge is -2.14. The van der Waals surface area contributed by atoms with Crippen molar-refractivity contribution in [3.8, 4) is 0 Å². The average molecular weight is 314 g/mol. The number of benzene rings is 1. The lowest BCUT2D eigenvalue weighted by Crippen LogP contribution is -2.16. The molecule has 1 N–H and O–H groups in total. The van der Waals surface area contributed by atoms with Gasteiger partial charge in [-0.15, -0.1) is 11.3 Å². The monoisotopic (exact) mass is 313 g/mol. The van der Waals surface area contributed by atoms with E-state index in [4.69, 9.17) is 0 Å². The van der Waals surface area contributed by atoms with E-state index in [0.717, 1.165) is 10.0 Å². The summed E-state index contributed by atoms with van der Waals surface area (Å²) < 4.78 is 14.3. The molecule has 1 aromatic heterocycles. The standard InChI is InChI=1S/C13H13BrFNS/c1-8-11(14)7-12(17-8)13(16-2)9-4-3-5-10(15)6-9/h3-7,13,16H,1-2H3. The maximum absolute atomic E-state index is 13.2. The van der Waals surface area contributed by atoms with Crippen molar-refractivity contribution in [3.63, 3.8) is 0 Å². The molecule has 17 heavy (non-hydrogen) atoms. The molecule has 90 valence electrons. The maximum Gasteiger partial charge on any atom is 0.123 e. The van der Waals surface area contributed by atoms with Gasteiger partial charge in [0.2, 0.25) is 0 Å². The molecule has 1 nitrogen and oxygen atoms in total. The molecule has 0 saturated heterocycles. The highest BCUT2D eigenvalue weighted by molar-refractivity contribution is 9.10. The molecule has 1 heterocycles. The van der Waals surface area contributed by atoms with E-state index in [9.17, 15) is 4.39 Å². The third-order valence-corrected chi connectivity index (χ3v) is 4.83. The van der Waals surface area contributed by atoms with Gasteiger partial charge in [-0.2, -0.15) is 0 Å². The first-order chi connectivity index (χ1) is 8.11. The van der Waals surface area contributed by atoms with Crippen molar-refractivity contribution in [2.75, 3.05) is 7.05 Å². The first-order valence-electron chi connectivity index (χ1n) is 5.30. The number of hydrogen-bond donors (Lipinski definition) is 1. The summed E-state index contributed by atoms with van der Waals surface area (Å²) in [6, 6.07) is 8.85. The molecule has 1 unspecified atom stereocenters. The van der Waals surface area contributed by atoms with Crippen LogP contribution in [0, 0.1) is 12.7 Å². The van der Waals surface area contributed by atoms with Gasteiger partial charge in [-0.3, -0.25) is 0 Å². The van der Waals surface area contributed by atoms with Crippen LogP contribution in [0.5, 0.6) is 0 Å². The molecule has 0 aliphatic heterocycles. The fourth-order valence-corrected chi connectivity index (χ4v) is 3.48. The van der Waals surface area contributed by atoms with Gasteiger partial charge in [0.1, 0.15) is 5.82 Å². The molecule has 4 heteroatoms. The second kappa shape index (κ2) is 5.29. The molecular weight excluding hydrogens is 301 g/mol. The summed E-state index contributed by atoms with van der Waals surface area (Å²) in [5.41, 5.74) is 0.946. The van der Waals surface area contributed by atoms with Gasteiger partial charge in [-0.1, -0.05) is 12.1 Å². The zero-order chi connectivity index (χ0) is 12.4. The molecule has 0 saturated carbocycles. The highest BCUT2D eigenvalue weighted by atomic mass is 79.9. The number of rotatable bonds is 3. The van der Waals surface area contributed by atoms with Crippen LogP contribution in [0.15, 0.2) is 34.8 Å². The Balaban J connectivity index is 2.39. The SMILES string of the molecule is CNC(c1cccc(F)c1)c1cc(Br)c(C)s1. The quantitative estimate of drug-likeness (QED) is 0.892. The Bertz CT molecular complexity index is 504. The van der Waals surface area contributed by atoms with E-state index < -0.39 is 0 Å². The fraction of sp³-hybridized carbons (Fsp3) is 0.231. The van der Waals surface area contributed by atoms with Gasteiger partial charge >= 0.3 is 0 Å². The summed E-state index contributed by atoms with van der Waals surface area (Å²) >= 11 is 5.23. The summed E-state index contributed by atoms with van der Waals surface area (Å²) in [5.74, 6) is -0.199. The van der Waals surface area contributed by atoms with E-state index in [-0.39, 0.29) is 11.9 Å². The molecule has 0 bridgehead atoms. The van der Waals surface area contributed by atoms with Crippen LogP contribution in [0.1, 0.15) is 21.4 Å². The Labute approximate surface area is 113 Å². The second-order valence-corrected chi connectivity index (χ2v) is 5.97. The summed E-state index contributed by atoms with van der Waals surface area (Å²) in [6.07, 6.45) is 0. The summed E-state index contributed by atoms with van der Waals surface area (Å²) in [6.45, 7) is 2.07. The van der Waals surface area contributed by atoms with Crippen molar-refractivity contribution in [1.29, 1.82) is 0 Å². The average Bonchev–Trinajstić information content (AvgIpc) is 2.60. The van der Waals surface area contributed by atoms with Gasteiger partial charge in [-0.25, -0.2) is 4.39 Å². The maximum atomic E-state index is 13.2. The van der Waals surface area contributed by atoms with Gasteiger partial charge in [0.25, 0.3) is 0 Å². The predicted molar refractivity (Wildman–Crippen MR) is 74.1 cm³/mol. The number of thiophene rings is 1. The zero-order valence-electron chi connectivity index (χ0n) is 9.63. The van der Waals surface area contributed by atoms with Gasteiger partial charge in [-0.05, 0) is 53.7 Å². The summed E-state index contributed by atoms with van der Waals surface area (Å²) in [5, 5.41) is 3.23. The second-order valence-electron chi connectivity index (χ2n) is 3.83. The molecule has 2 rings (SSSR count). The van der Waals surface area contributed by atoms with Gasteiger partial charge in [0.15, 0.2) is 0 Å². The molecule has 0 aliphatic carbocycles. The van der Waals surface area contributed by atoms with Crippen molar-refractivity contribution >= 4 is 27.3 Å². The van der Waals surface area contributed by atoms with Crippen LogP contribution in [-0.4, -0.2) is 7.05 Å². The van der Waals surface area contributed by atoms with E-state index >= 15 is 0 Å². The predicted octanol–water partition coefficient (Wildman–Crippen LogP) is 4.27. The van der Waals surface area contributed by atoms with Crippen LogP contribution in [0.25, 0.3) is 0 Å². The van der Waals surface area contributed by atoms with Crippen molar-refractivity contribution in [3.05, 3.63) is 55.9 Å². The molecule has 1 atom stereocenters. The van der Waals surface area contributed by atoms with E-state index in [2.05, 4.69) is 34.2 Å².